The van der Waals surface area contributed by atoms with E-state index in [-0.39, 0.29) is 12.0 Å². The maximum Gasteiger partial charge on any atom is 0.410 e. The Kier molecular flexibility index (Phi) is 2.82. The third-order valence-electron chi connectivity index (χ3n) is 4.68. The van der Waals surface area contributed by atoms with Gasteiger partial charge in [-0.25, -0.2) is 4.79 Å². The Morgan fingerprint density at radius 1 is 1.32 bits per heavy atom. The van der Waals surface area contributed by atoms with Crippen molar-refractivity contribution in [3.8, 4) is 5.75 Å². The number of nitrogens with zero attached hydrogens (tertiary/aromatic N) is 2. The largest absolute Gasteiger partial charge is 0.493 e. The molecular weight excluding hydrogens is 284 g/mol. The summed E-state index contributed by atoms with van der Waals surface area (Å²) < 4.78 is 11.0. The maximum absolute atomic E-state index is 12.7. The fourth-order valence-electron chi connectivity index (χ4n) is 3.52. The number of carbonyl (C=O) groups excluding carboxylic acids is 2. The van der Waals surface area contributed by atoms with Gasteiger partial charge < -0.3 is 19.3 Å². The lowest BCUT2D eigenvalue weighted by Crippen LogP contribution is -2.39. The Hall–Kier alpha value is -2.24. The molecule has 1 aromatic rings. The van der Waals surface area contributed by atoms with E-state index >= 15 is 0 Å². The molecule has 0 radical (unpaired) electrons. The van der Waals surface area contributed by atoms with E-state index in [0.29, 0.717) is 38.2 Å². The van der Waals surface area contributed by atoms with Gasteiger partial charge in [0.2, 0.25) is 0 Å². The summed E-state index contributed by atoms with van der Waals surface area (Å²) >= 11 is 0. The van der Waals surface area contributed by atoms with Crippen molar-refractivity contribution in [1.29, 1.82) is 0 Å². The van der Waals surface area contributed by atoms with Crippen LogP contribution in [0.15, 0.2) is 18.2 Å². The Morgan fingerprint density at radius 2 is 2.18 bits per heavy atom. The van der Waals surface area contributed by atoms with E-state index < -0.39 is 5.60 Å². The van der Waals surface area contributed by atoms with Gasteiger partial charge in [0.05, 0.1) is 19.7 Å². The molecule has 4 rings (SSSR count). The number of hydrogen-bond acceptors (Lipinski definition) is 4. The second kappa shape index (κ2) is 4.63. The Bertz CT molecular complexity index is 660. The quantitative estimate of drug-likeness (QED) is 0.784. The van der Waals surface area contributed by atoms with Crippen LogP contribution >= 0.6 is 0 Å². The molecule has 3 heterocycles. The third-order valence-corrected chi connectivity index (χ3v) is 4.68. The molecule has 6 nitrogen and oxygen atoms in total. The zero-order chi connectivity index (χ0) is 15.3. The molecule has 0 unspecified atom stereocenters. The summed E-state index contributed by atoms with van der Waals surface area (Å²) in [5.41, 5.74) is 1.24. The lowest BCUT2D eigenvalue weighted by atomic mass is 10.0. The van der Waals surface area contributed by atoms with Crippen LogP contribution in [0.1, 0.15) is 22.3 Å². The molecule has 116 valence electrons. The molecule has 3 aliphatic heterocycles. The summed E-state index contributed by atoms with van der Waals surface area (Å²) in [6, 6.07) is 5.59. The molecule has 0 aromatic heterocycles. The minimum atomic E-state index is -0.526. The zero-order valence-electron chi connectivity index (χ0n) is 12.5. The monoisotopic (exact) mass is 302 g/mol. The molecule has 1 aromatic carbocycles. The molecule has 2 amide bonds. The third kappa shape index (κ3) is 2.01. The van der Waals surface area contributed by atoms with Gasteiger partial charge in [-0.05, 0) is 23.8 Å². The summed E-state index contributed by atoms with van der Waals surface area (Å²) in [6.07, 6.45) is 1.25. The van der Waals surface area contributed by atoms with Crippen LogP contribution in [0.4, 0.5) is 4.79 Å². The lowest BCUT2D eigenvalue weighted by Gasteiger charge is -2.22. The van der Waals surface area contributed by atoms with Gasteiger partial charge >= 0.3 is 6.09 Å². The van der Waals surface area contributed by atoms with E-state index in [1.54, 1.807) is 16.8 Å². The second-order valence-corrected chi connectivity index (χ2v) is 6.30. The van der Waals surface area contributed by atoms with Crippen molar-refractivity contribution in [2.75, 3.05) is 33.3 Å². The number of amides is 2. The molecule has 2 fully saturated rings. The highest BCUT2D eigenvalue weighted by Gasteiger charge is 2.49. The minimum Gasteiger partial charge on any atom is -0.493 e. The fourth-order valence-corrected chi connectivity index (χ4v) is 3.52. The first-order valence-electron chi connectivity index (χ1n) is 7.55. The molecule has 0 aliphatic carbocycles. The number of likely N-dealkylation sites (tertiary alicyclic amines) is 1. The maximum atomic E-state index is 12.7. The van der Waals surface area contributed by atoms with Crippen LogP contribution in [-0.4, -0.2) is 60.7 Å². The van der Waals surface area contributed by atoms with Crippen molar-refractivity contribution in [2.45, 2.75) is 18.4 Å². The van der Waals surface area contributed by atoms with Crippen LogP contribution in [0, 0.1) is 0 Å². The first-order chi connectivity index (χ1) is 10.6. The molecule has 3 aliphatic rings. The Morgan fingerprint density at radius 3 is 2.95 bits per heavy atom. The van der Waals surface area contributed by atoms with Gasteiger partial charge in [0, 0.05) is 32.0 Å². The van der Waals surface area contributed by atoms with Crippen molar-refractivity contribution in [3.05, 3.63) is 29.3 Å². The van der Waals surface area contributed by atoms with Gasteiger partial charge in [-0.15, -0.1) is 0 Å². The zero-order valence-corrected chi connectivity index (χ0v) is 12.5. The predicted octanol–water partition coefficient (Wildman–Crippen LogP) is 1.29. The number of rotatable bonds is 1. The van der Waals surface area contributed by atoms with E-state index in [1.807, 2.05) is 18.2 Å². The molecule has 0 N–H and O–H groups in total. The van der Waals surface area contributed by atoms with Gasteiger partial charge in [-0.3, -0.25) is 4.79 Å². The van der Waals surface area contributed by atoms with E-state index in [4.69, 9.17) is 9.47 Å². The van der Waals surface area contributed by atoms with Crippen molar-refractivity contribution in [2.24, 2.45) is 0 Å². The molecule has 22 heavy (non-hydrogen) atoms. The summed E-state index contributed by atoms with van der Waals surface area (Å²) in [5, 5.41) is 0. The smallest absolute Gasteiger partial charge is 0.410 e. The standard InChI is InChI=1S/C16H18N2O4/c1-17-9-16(22-15(17)20)5-6-18(10-16)14(19)12-2-3-13-11(8-12)4-7-21-13/h2-3,8H,4-7,9-10H2,1H3/t16-/m0/s1. The summed E-state index contributed by atoms with van der Waals surface area (Å²) in [5.74, 6) is 0.873. The van der Waals surface area contributed by atoms with Crippen molar-refractivity contribution >= 4 is 12.0 Å². The molecule has 0 bridgehead atoms. The van der Waals surface area contributed by atoms with Crippen molar-refractivity contribution < 1.29 is 19.1 Å². The molecule has 2 saturated heterocycles. The number of carbonyl (C=O) groups is 2. The molecular formula is C16H18N2O4. The number of fused-ring (bicyclic) bond motifs is 1. The van der Waals surface area contributed by atoms with E-state index in [9.17, 15) is 9.59 Å². The molecule has 6 heteroatoms. The SMILES string of the molecule is CN1C[C@]2(CCN(C(=O)c3ccc4c(c3)CCO4)C2)OC1=O. The van der Waals surface area contributed by atoms with Crippen LogP contribution in [0.3, 0.4) is 0 Å². The summed E-state index contributed by atoms with van der Waals surface area (Å²) in [4.78, 5) is 27.6. The lowest BCUT2D eigenvalue weighted by molar-refractivity contribution is 0.0553. The van der Waals surface area contributed by atoms with Gasteiger partial charge in [-0.2, -0.15) is 0 Å². The van der Waals surface area contributed by atoms with E-state index in [0.717, 1.165) is 17.7 Å². The van der Waals surface area contributed by atoms with Crippen LogP contribution in [-0.2, 0) is 11.2 Å². The van der Waals surface area contributed by atoms with Gasteiger partial charge in [0.25, 0.3) is 5.91 Å². The highest BCUT2D eigenvalue weighted by atomic mass is 16.6. The first kappa shape index (κ1) is 13.4. The van der Waals surface area contributed by atoms with Crippen LogP contribution in [0.5, 0.6) is 5.75 Å². The Balaban J connectivity index is 1.51. The minimum absolute atomic E-state index is 0.00261. The van der Waals surface area contributed by atoms with Crippen molar-refractivity contribution in [1.82, 2.24) is 9.80 Å². The Labute approximate surface area is 128 Å². The van der Waals surface area contributed by atoms with Crippen molar-refractivity contribution in [3.63, 3.8) is 0 Å². The van der Waals surface area contributed by atoms with Crippen LogP contribution in [0.25, 0.3) is 0 Å². The average Bonchev–Trinajstić information content (AvgIpc) is 3.18. The van der Waals surface area contributed by atoms with E-state index in [2.05, 4.69) is 0 Å². The average molecular weight is 302 g/mol. The first-order valence-corrected chi connectivity index (χ1v) is 7.55. The highest BCUT2D eigenvalue weighted by molar-refractivity contribution is 5.95. The normalized spacial score (nSPS) is 26.3. The van der Waals surface area contributed by atoms with Crippen LogP contribution in [0.2, 0.25) is 0 Å². The number of likely N-dealkylation sites (N-methyl/N-ethyl adjacent to an activating group) is 1. The van der Waals surface area contributed by atoms with Gasteiger partial charge in [0.1, 0.15) is 5.75 Å². The highest BCUT2D eigenvalue weighted by Crippen LogP contribution is 2.33. The molecule has 0 saturated carbocycles. The summed E-state index contributed by atoms with van der Waals surface area (Å²) in [6.45, 7) is 2.32. The topological polar surface area (TPSA) is 59.1 Å². The predicted molar refractivity (Wildman–Crippen MR) is 78.0 cm³/mol. The number of hydrogen-bond donors (Lipinski definition) is 0. The second-order valence-electron chi connectivity index (χ2n) is 6.30. The molecule has 1 atom stereocenters. The number of benzene rings is 1. The molecule has 1 spiro atoms. The van der Waals surface area contributed by atoms with Crippen LogP contribution < -0.4 is 4.74 Å². The fraction of sp³-hybridized carbons (Fsp3) is 0.500. The van der Waals surface area contributed by atoms with E-state index in [1.165, 1.54) is 0 Å². The number of ether oxygens (including phenoxy) is 2. The summed E-state index contributed by atoms with van der Waals surface area (Å²) in [7, 11) is 1.72. The van der Waals surface area contributed by atoms with Gasteiger partial charge in [0.15, 0.2) is 5.60 Å². The van der Waals surface area contributed by atoms with Gasteiger partial charge in [-0.1, -0.05) is 0 Å².